The summed E-state index contributed by atoms with van der Waals surface area (Å²) in [5.74, 6) is -0.291. The molecule has 2 aromatic heterocycles. The predicted molar refractivity (Wildman–Crippen MR) is 90.9 cm³/mol. The van der Waals surface area contributed by atoms with Gasteiger partial charge >= 0.3 is 6.03 Å². The number of amides is 3. The highest BCUT2D eigenvalue weighted by Crippen LogP contribution is 2.21. The number of urea groups is 1. The number of piperidine rings is 1. The molecule has 1 aliphatic heterocycles. The third kappa shape index (κ3) is 4.05. The van der Waals surface area contributed by atoms with Crippen molar-refractivity contribution in [1.82, 2.24) is 14.9 Å². The topological polar surface area (TPSA) is 87.2 Å². The highest BCUT2D eigenvalue weighted by atomic mass is 32.1. The van der Waals surface area contributed by atoms with Crippen molar-refractivity contribution in [3.63, 3.8) is 0 Å². The van der Waals surface area contributed by atoms with Gasteiger partial charge in [0.2, 0.25) is 5.91 Å². The van der Waals surface area contributed by atoms with Crippen LogP contribution in [0.1, 0.15) is 18.5 Å². The molecular formula is C14H17N5O2S2. The number of aromatic nitrogens is 2. The van der Waals surface area contributed by atoms with Crippen molar-refractivity contribution in [2.75, 3.05) is 23.7 Å². The highest BCUT2D eigenvalue weighted by Gasteiger charge is 2.29. The van der Waals surface area contributed by atoms with Gasteiger partial charge in [-0.15, -0.1) is 22.7 Å². The molecule has 0 radical (unpaired) electrons. The zero-order chi connectivity index (χ0) is 16.2. The summed E-state index contributed by atoms with van der Waals surface area (Å²) in [6.07, 6.45) is 3.22. The Morgan fingerprint density at radius 2 is 2.17 bits per heavy atom. The number of thiazole rings is 2. The van der Waals surface area contributed by atoms with E-state index in [1.807, 2.05) is 12.3 Å². The molecule has 3 heterocycles. The molecule has 3 amide bonds. The van der Waals surface area contributed by atoms with E-state index in [1.165, 1.54) is 22.7 Å². The average Bonchev–Trinajstić information content (AvgIpc) is 3.19. The van der Waals surface area contributed by atoms with E-state index < -0.39 is 0 Å². The quantitative estimate of drug-likeness (QED) is 0.890. The Kier molecular flexibility index (Phi) is 4.87. The number of anilines is 2. The maximum Gasteiger partial charge on any atom is 0.323 e. The van der Waals surface area contributed by atoms with Gasteiger partial charge < -0.3 is 10.2 Å². The van der Waals surface area contributed by atoms with Gasteiger partial charge in [0.15, 0.2) is 10.3 Å². The van der Waals surface area contributed by atoms with Crippen LogP contribution in [0.3, 0.4) is 0 Å². The molecule has 1 aliphatic rings. The van der Waals surface area contributed by atoms with E-state index in [9.17, 15) is 9.59 Å². The Labute approximate surface area is 141 Å². The van der Waals surface area contributed by atoms with Crippen LogP contribution < -0.4 is 10.6 Å². The van der Waals surface area contributed by atoms with Crippen LogP contribution in [0, 0.1) is 12.8 Å². The van der Waals surface area contributed by atoms with Crippen LogP contribution in [0.25, 0.3) is 0 Å². The number of nitrogens with zero attached hydrogens (tertiary/aromatic N) is 3. The normalized spacial score (nSPS) is 17.8. The number of carbonyl (C=O) groups excluding carboxylic acids is 2. The van der Waals surface area contributed by atoms with Crippen LogP contribution in [0.4, 0.5) is 15.1 Å². The lowest BCUT2D eigenvalue weighted by Gasteiger charge is -2.31. The summed E-state index contributed by atoms with van der Waals surface area (Å²) in [5.41, 5.74) is 0.887. The molecule has 23 heavy (non-hydrogen) atoms. The summed E-state index contributed by atoms with van der Waals surface area (Å²) in [6.45, 7) is 2.95. The van der Waals surface area contributed by atoms with E-state index in [0.29, 0.717) is 23.4 Å². The maximum atomic E-state index is 12.3. The van der Waals surface area contributed by atoms with Crippen molar-refractivity contribution >= 4 is 44.9 Å². The molecule has 0 bridgehead atoms. The van der Waals surface area contributed by atoms with Crippen molar-refractivity contribution in [2.24, 2.45) is 5.92 Å². The number of carbonyl (C=O) groups is 2. The second-order valence-corrected chi connectivity index (χ2v) is 7.09. The van der Waals surface area contributed by atoms with Crippen LogP contribution in [-0.4, -0.2) is 39.9 Å². The van der Waals surface area contributed by atoms with Gasteiger partial charge in [-0.1, -0.05) is 0 Å². The van der Waals surface area contributed by atoms with Gasteiger partial charge in [-0.05, 0) is 19.8 Å². The summed E-state index contributed by atoms with van der Waals surface area (Å²) in [6, 6.07) is -0.206. The first kappa shape index (κ1) is 15.9. The summed E-state index contributed by atoms with van der Waals surface area (Å²) in [5, 5.41) is 10.5. The molecule has 0 saturated carbocycles. The zero-order valence-electron chi connectivity index (χ0n) is 12.6. The molecule has 2 aromatic rings. The zero-order valence-corrected chi connectivity index (χ0v) is 14.2. The Hall–Kier alpha value is -2.00. The minimum atomic E-state index is -0.213. The van der Waals surface area contributed by atoms with Crippen LogP contribution in [0.2, 0.25) is 0 Å². The number of nitrogens with one attached hydrogen (secondary N) is 2. The number of hydrogen-bond acceptors (Lipinski definition) is 6. The number of likely N-dealkylation sites (tertiary alicyclic amines) is 1. The van der Waals surface area contributed by atoms with Crippen LogP contribution in [0.15, 0.2) is 17.0 Å². The Bertz CT molecular complexity index is 685. The smallest absolute Gasteiger partial charge is 0.323 e. The predicted octanol–water partition coefficient (Wildman–Crippen LogP) is 2.79. The van der Waals surface area contributed by atoms with E-state index >= 15 is 0 Å². The minimum Gasteiger partial charge on any atom is -0.324 e. The second-order valence-electron chi connectivity index (χ2n) is 5.34. The third-order valence-corrected chi connectivity index (χ3v) is 5.14. The highest BCUT2D eigenvalue weighted by molar-refractivity contribution is 7.14. The molecule has 0 aromatic carbocycles. The van der Waals surface area contributed by atoms with Gasteiger partial charge in [0, 0.05) is 30.0 Å². The van der Waals surface area contributed by atoms with Crippen molar-refractivity contribution in [1.29, 1.82) is 0 Å². The molecule has 2 N–H and O–H groups in total. The summed E-state index contributed by atoms with van der Waals surface area (Å²) in [7, 11) is 0. The SMILES string of the molecule is Cc1csc(NC(=O)[C@@H]2CCCN(C(=O)Nc3nccs3)C2)n1. The lowest BCUT2D eigenvalue weighted by molar-refractivity contribution is -0.121. The molecule has 1 atom stereocenters. The summed E-state index contributed by atoms with van der Waals surface area (Å²) >= 11 is 2.78. The fourth-order valence-corrected chi connectivity index (χ4v) is 3.66. The van der Waals surface area contributed by atoms with Crippen LogP contribution in [-0.2, 0) is 4.79 Å². The van der Waals surface area contributed by atoms with Crippen molar-refractivity contribution in [2.45, 2.75) is 19.8 Å². The van der Waals surface area contributed by atoms with E-state index in [4.69, 9.17) is 0 Å². The fourth-order valence-electron chi connectivity index (χ4n) is 2.45. The first-order valence-corrected chi connectivity index (χ1v) is 9.06. The standard InChI is InChI=1S/C14H17N5O2S2/c1-9-8-23-13(16-9)17-11(20)10-3-2-5-19(7-10)14(21)18-12-15-4-6-22-12/h4,6,8,10H,2-3,5,7H2,1H3,(H,15,18,21)(H,16,17,20)/t10-/m1/s1. The third-order valence-electron chi connectivity index (χ3n) is 3.57. The van der Waals surface area contributed by atoms with Gasteiger partial charge in [-0.2, -0.15) is 0 Å². The fraction of sp³-hybridized carbons (Fsp3) is 0.429. The molecule has 0 unspecified atom stereocenters. The number of aryl methyl sites for hydroxylation is 1. The Balaban J connectivity index is 1.56. The number of rotatable bonds is 3. The average molecular weight is 351 g/mol. The Morgan fingerprint density at radius 1 is 1.30 bits per heavy atom. The minimum absolute atomic E-state index is 0.0777. The van der Waals surface area contributed by atoms with Gasteiger partial charge in [-0.25, -0.2) is 14.8 Å². The van der Waals surface area contributed by atoms with E-state index in [0.717, 1.165) is 18.5 Å². The van der Waals surface area contributed by atoms with Gasteiger partial charge in [0.25, 0.3) is 0 Å². The molecule has 1 fully saturated rings. The van der Waals surface area contributed by atoms with E-state index in [-0.39, 0.29) is 17.9 Å². The van der Waals surface area contributed by atoms with Crippen molar-refractivity contribution < 1.29 is 9.59 Å². The molecular weight excluding hydrogens is 334 g/mol. The number of hydrogen-bond donors (Lipinski definition) is 2. The lowest BCUT2D eigenvalue weighted by atomic mass is 9.97. The maximum absolute atomic E-state index is 12.3. The van der Waals surface area contributed by atoms with E-state index in [2.05, 4.69) is 20.6 Å². The molecule has 3 rings (SSSR count). The van der Waals surface area contributed by atoms with Gasteiger partial charge in [0.05, 0.1) is 11.6 Å². The van der Waals surface area contributed by atoms with Gasteiger partial charge in [-0.3, -0.25) is 10.1 Å². The first-order valence-electron chi connectivity index (χ1n) is 7.30. The van der Waals surface area contributed by atoms with Crippen molar-refractivity contribution in [3.8, 4) is 0 Å². The van der Waals surface area contributed by atoms with Crippen LogP contribution >= 0.6 is 22.7 Å². The molecule has 0 spiro atoms. The van der Waals surface area contributed by atoms with Crippen LogP contribution in [0.5, 0.6) is 0 Å². The largest absolute Gasteiger partial charge is 0.324 e. The van der Waals surface area contributed by atoms with Gasteiger partial charge in [0.1, 0.15) is 0 Å². The summed E-state index contributed by atoms with van der Waals surface area (Å²) < 4.78 is 0. The first-order chi connectivity index (χ1) is 11.1. The van der Waals surface area contributed by atoms with Crippen molar-refractivity contribution in [3.05, 3.63) is 22.7 Å². The summed E-state index contributed by atoms with van der Waals surface area (Å²) in [4.78, 5) is 34.5. The molecule has 122 valence electrons. The molecule has 0 aliphatic carbocycles. The molecule has 9 heteroatoms. The lowest BCUT2D eigenvalue weighted by Crippen LogP contribution is -2.45. The Morgan fingerprint density at radius 3 is 2.87 bits per heavy atom. The molecule has 1 saturated heterocycles. The second kappa shape index (κ2) is 7.05. The molecule has 7 nitrogen and oxygen atoms in total. The monoisotopic (exact) mass is 351 g/mol. The van der Waals surface area contributed by atoms with E-state index in [1.54, 1.807) is 16.5 Å².